The van der Waals surface area contributed by atoms with E-state index in [4.69, 9.17) is 14.7 Å². The molecule has 1 N–H and O–H groups in total. The highest BCUT2D eigenvalue weighted by molar-refractivity contribution is 6.14. The summed E-state index contributed by atoms with van der Waals surface area (Å²) in [5.41, 5.74) is 6.30. The lowest BCUT2D eigenvalue weighted by Gasteiger charge is -2.33. The van der Waals surface area contributed by atoms with Crippen LogP contribution < -0.4 is 0 Å². The lowest BCUT2D eigenvalue weighted by Crippen LogP contribution is -2.27. The highest BCUT2D eigenvalue weighted by Crippen LogP contribution is 2.41. The van der Waals surface area contributed by atoms with Crippen LogP contribution in [-0.2, 0) is 17.3 Å². The Hall–Kier alpha value is -3.56. The average Bonchev–Trinajstić information content (AvgIpc) is 3.40. The number of rotatable bonds is 5. The first-order valence-corrected chi connectivity index (χ1v) is 12.9. The molecular weight excluding hydrogens is 463 g/mol. The van der Waals surface area contributed by atoms with Crippen LogP contribution in [0.1, 0.15) is 42.8 Å². The van der Waals surface area contributed by atoms with Crippen molar-refractivity contribution in [1.29, 1.82) is 0 Å². The number of aryl methyl sites for hydroxylation is 2. The van der Waals surface area contributed by atoms with Crippen LogP contribution in [0.15, 0.2) is 54.7 Å². The van der Waals surface area contributed by atoms with Crippen molar-refractivity contribution < 1.29 is 9.84 Å². The van der Waals surface area contributed by atoms with Gasteiger partial charge in [0.25, 0.3) is 0 Å². The highest BCUT2D eigenvalue weighted by atomic mass is 16.5. The normalized spacial score (nSPS) is 17.3. The number of fused-ring (bicyclic) bond motifs is 3. The summed E-state index contributed by atoms with van der Waals surface area (Å²) in [7, 11) is 3.68. The van der Waals surface area contributed by atoms with Crippen LogP contribution in [0.5, 0.6) is 0 Å². The van der Waals surface area contributed by atoms with Crippen molar-refractivity contribution in [2.24, 2.45) is 13.0 Å². The van der Waals surface area contributed by atoms with Gasteiger partial charge in [-0.3, -0.25) is 4.98 Å². The van der Waals surface area contributed by atoms with Gasteiger partial charge in [-0.25, -0.2) is 9.67 Å². The fourth-order valence-electron chi connectivity index (χ4n) is 5.70. The Kier molecular flexibility index (Phi) is 5.84. The molecule has 1 aliphatic heterocycles. The molecule has 8 nitrogen and oxygen atoms in total. The molecule has 0 saturated carbocycles. The van der Waals surface area contributed by atoms with Crippen molar-refractivity contribution in [3.05, 3.63) is 71.7 Å². The van der Waals surface area contributed by atoms with Gasteiger partial charge in [0, 0.05) is 37.4 Å². The summed E-state index contributed by atoms with van der Waals surface area (Å²) >= 11 is 0. The van der Waals surface area contributed by atoms with Crippen molar-refractivity contribution in [1.82, 2.24) is 29.5 Å². The Labute approximate surface area is 216 Å². The van der Waals surface area contributed by atoms with Crippen LogP contribution in [0.4, 0.5) is 0 Å². The molecule has 2 atom stereocenters. The summed E-state index contributed by atoms with van der Waals surface area (Å²) < 4.78 is 9.89. The smallest absolute Gasteiger partial charge is 0.150 e. The van der Waals surface area contributed by atoms with Gasteiger partial charge in [0.15, 0.2) is 7.85 Å². The first-order valence-electron chi connectivity index (χ1n) is 12.9. The second-order valence-electron chi connectivity index (χ2n) is 10.5. The van der Waals surface area contributed by atoms with Gasteiger partial charge in [-0.15, -0.1) is 5.10 Å². The molecule has 1 aromatic carbocycles. The first kappa shape index (κ1) is 23.8. The monoisotopic (exact) mass is 494 g/mol. The molecule has 0 spiro atoms. The van der Waals surface area contributed by atoms with Crippen molar-refractivity contribution in [2.45, 2.75) is 38.2 Å². The third kappa shape index (κ3) is 4.12. The lowest BCUT2D eigenvalue weighted by atomic mass is 9.80. The molecule has 1 fully saturated rings. The predicted octanol–water partition coefficient (Wildman–Crippen LogP) is 3.50. The highest BCUT2D eigenvalue weighted by Gasteiger charge is 2.31. The standard InChI is InChI=1S/C28H31BN6O2/c1-17-25(34(3)33-32-17)20-15-22-24(30-16-20)21-9-10-23(28(2,29)36)31-27(21)35(22)26(18-7-5-4-6-8-18)19-11-13-37-14-12-19/h4-10,15-16,19,26,36H,11-14,29H2,1-3H3/t26-,28?/m1/s1. The fraction of sp³-hybridized carbons (Fsp3) is 0.357. The van der Waals surface area contributed by atoms with Crippen molar-refractivity contribution in [3.8, 4) is 11.3 Å². The number of hydrogen-bond donors (Lipinski definition) is 1. The fourth-order valence-corrected chi connectivity index (χ4v) is 5.70. The zero-order valence-corrected chi connectivity index (χ0v) is 21.7. The van der Waals surface area contributed by atoms with Crippen LogP contribution in [0.3, 0.4) is 0 Å². The van der Waals surface area contributed by atoms with Gasteiger partial charge in [-0.1, -0.05) is 35.5 Å². The van der Waals surface area contributed by atoms with E-state index in [1.165, 1.54) is 5.56 Å². The third-order valence-electron chi connectivity index (χ3n) is 7.51. The van der Waals surface area contributed by atoms with Gasteiger partial charge >= 0.3 is 0 Å². The number of hydrogen-bond acceptors (Lipinski definition) is 6. The molecule has 37 heavy (non-hydrogen) atoms. The third-order valence-corrected chi connectivity index (χ3v) is 7.51. The minimum Gasteiger partial charge on any atom is -0.393 e. The molecule has 5 heterocycles. The van der Waals surface area contributed by atoms with Gasteiger partial charge in [0.2, 0.25) is 0 Å². The number of pyridine rings is 2. The minimum absolute atomic E-state index is 0.0393. The van der Waals surface area contributed by atoms with Crippen LogP contribution in [0.2, 0.25) is 0 Å². The molecule has 0 bridgehead atoms. The lowest BCUT2D eigenvalue weighted by molar-refractivity contribution is 0.0552. The maximum atomic E-state index is 10.8. The van der Waals surface area contributed by atoms with E-state index < -0.39 is 5.50 Å². The van der Waals surface area contributed by atoms with Crippen molar-refractivity contribution >= 4 is 29.9 Å². The van der Waals surface area contributed by atoms with Crippen LogP contribution in [0.25, 0.3) is 33.3 Å². The van der Waals surface area contributed by atoms with E-state index in [0.717, 1.165) is 65.1 Å². The Morgan fingerprint density at radius 2 is 1.89 bits per heavy atom. The molecule has 0 aliphatic carbocycles. The summed E-state index contributed by atoms with van der Waals surface area (Å²) in [5, 5.41) is 20.3. The number of benzene rings is 1. The van der Waals surface area contributed by atoms with Crippen LogP contribution in [0, 0.1) is 12.8 Å². The van der Waals surface area contributed by atoms with Crippen molar-refractivity contribution in [3.63, 3.8) is 0 Å². The van der Waals surface area contributed by atoms with Gasteiger partial charge in [-0.2, -0.15) is 0 Å². The van der Waals surface area contributed by atoms with Gasteiger partial charge < -0.3 is 14.4 Å². The Bertz CT molecular complexity index is 1560. The Morgan fingerprint density at radius 3 is 2.57 bits per heavy atom. The summed E-state index contributed by atoms with van der Waals surface area (Å²) in [6.45, 7) is 5.23. The summed E-state index contributed by atoms with van der Waals surface area (Å²) in [6.07, 6.45) is 3.82. The molecule has 1 saturated heterocycles. The molecule has 4 aromatic heterocycles. The zero-order chi connectivity index (χ0) is 25.7. The van der Waals surface area contributed by atoms with Gasteiger partial charge in [0.05, 0.1) is 39.7 Å². The molecule has 1 unspecified atom stereocenters. The first-order chi connectivity index (χ1) is 17.8. The predicted molar refractivity (Wildman–Crippen MR) is 146 cm³/mol. The van der Waals surface area contributed by atoms with Gasteiger partial charge in [-0.05, 0) is 56.4 Å². The van der Waals surface area contributed by atoms with Gasteiger partial charge in [0.1, 0.15) is 5.65 Å². The number of ether oxygens (including phenoxy) is 1. The summed E-state index contributed by atoms with van der Waals surface area (Å²) in [6, 6.07) is 16.8. The number of aliphatic hydroxyl groups is 1. The summed E-state index contributed by atoms with van der Waals surface area (Å²) in [4.78, 5) is 10.0. The Balaban J connectivity index is 1.69. The average molecular weight is 494 g/mol. The Morgan fingerprint density at radius 1 is 1.14 bits per heavy atom. The maximum absolute atomic E-state index is 10.8. The second kappa shape index (κ2) is 9.08. The minimum atomic E-state index is -1.06. The van der Waals surface area contributed by atoms with E-state index in [9.17, 15) is 5.11 Å². The quantitative estimate of drug-likeness (QED) is 0.376. The zero-order valence-electron chi connectivity index (χ0n) is 21.7. The molecule has 1 aliphatic rings. The van der Waals surface area contributed by atoms with E-state index in [2.05, 4.69) is 51.3 Å². The van der Waals surface area contributed by atoms with E-state index >= 15 is 0 Å². The molecule has 0 radical (unpaired) electrons. The van der Waals surface area contributed by atoms with E-state index in [-0.39, 0.29) is 6.04 Å². The molecule has 6 rings (SSSR count). The summed E-state index contributed by atoms with van der Waals surface area (Å²) in [5.74, 6) is 0.367. The second-order valence-corrected chi connectivity index (χ2v) is 10.5. The number of aromatic nitrogens is 6. The topological polar surface area (TPSA) is 90.9 Å². The van der Waals surface area contributed by atoms with Crippen molar-refractivity contribution in [2.75, 3.05) is 13.2 Å². The molecule has 5 aromatic rings. The number of nitrogens with zero attached hydrogens (tertiary/aromatic N) is 6. The molecule has 0 amide bonds. The molecule has 9 heteroatoms. The van der Waals surface area contributed by atoms with E-state index in [0.29, 0.717) is 11.6 Å². The largest absolute Gasteiger partial charge is 0.393 e. The maximum Gasteiger partial charge on any atom is 0.150 e. The molecule has 188 valence electrons. The van der Waals surface area contributed by atoms with Crippen LogP contribution >= 0.6 is 0 Å². The van der Waals surface area contributed by atoms with E-state index in [1.54, 1.807) is 19.5 Å². The van der Waals surface area contributed by atoms with E-state index in [1.807, 2.05) is 32.3 Å². The molecular formula is C28H31BN6O2. The SMILES string of the molecule is BC(C)(O)c1ccc2c3ncc(-c4c(C)nnn4C)cc3n([C@H](c3ccccc3)C3CCOCC3)c2n1. The van der Waals surface area contributed by atoms with Crippen LogP contribution in [-0.4, -0.2) is 55.7 Å².